The highest BCUT2D eigenvalue weighted by Crippen LogP contribution is 2.32. The van der Waals surface area contributed by atoms with Crippen LogP contribution in [0.5, 0.6) is 0 Å². The van der Waals surface area contributed by atoms with E-state index in [2.05, 4.69) is 26.5 Å². The Balaban J connectivity index is 2.23. The van der Waals surface area contributed by atoms with Crippen LogP contribution in [0.25, 0.3) is 0 Å². The van der Waals surface area contributed by atoms with Gasteiger partial charge in [0.25, 0.3) is 0 Å². The van der Waals surface area contributed by atoms with Crippen LogP contribution in [0.4, 0.5) is 0 Å². The van der Waals surface area contributed by atoms with Crippen molar-refractivity contribution in [3.8, 4) is 0 Å². The smallest absolute Gasteiger partial charge is 0.222 e. The molecule has 1 rings (SSSR count). The molecular weight excluding hydrogens is 246 g/mol. The molecule has 0 spiro atoms. The number of ketones is 1. The molecule has 104 valence electrons. The monoisotopic (exact) mass is 271 g/mol. The van der Waals surface area contributed by atoms with Crippen molar-refractivity contribution in [2.75, 3.05) is 13.1 Å². The lowest BCUT2D eigenvalue weighted by atomic mass is 9.94. The highest BCUT2D eigenvalue weighted by Gasteiger charge is 2.36. The second kappa shape index (κ2) is 6.60. The number of likely N-dealkylation sites (tertiary alicyclic amines) is 1. The summed E-state index contributed by atoms with van der Waals surface area (Å²) in [7, 11) is 0. The summed E-state index contributed by atoms with van der Waals surface area (Å²) in [5.74, 6) is 0.864. The predicted molar refractivity (Wildman–Crippen MR) is 76.9 cm³/mol. The second-order valence-corrected chi connectivity index (χ2v) is 7.06. The lowest BCUT2D eigenvalue weighted by Gasteiger charge is -2.25. The first-order chi connectivity index (χ1) is 8.30. The first-order valence-corrected chi connectivity index (χ1v) is 7.25. The van der Waals surface area contributed by atoms with Crippen molar-refractivity contribution in [3.63, 3.8) is 0 Å². The van der Waals surface area contributed by atoms with Gasteiger partial charge in [-0.1, -0.05) is 20.3 Å². The largest absolute Gasteiger partial charge is 0.342 e. The van der Waals surface area contributed by atoms with Crippen molar-refractivity contribution < 1.29 is 9.59 Å². The molecule has 1 aliphatic heterocycles. The highest BCUT2D eigenvalue weighted by molar-refractivity contribution is 7.81. The Labute approximate surface area is 116 Å². The molecule has 18 heavy (non-hydrogen) atoms. The average Bonchev–Trinajstić information content (AvgIpc) is 2.59. The summed E-state index contributed by atoms with van der Waals surface area (Å²) in [6.07, 6.45) is 4.26. The summed E-state index contributed by atoms with van der Waals surface area (Å²) < 4.78 is -0.0843. The van der Waals surface area contributed by atoms with E-state index >= 15 is 0 Å². The number of hydrogen-bond acceptors (Lipinski definition) is 3. The second-order valence-electron chi connectivity index (χ2n) is 5.91. The highest BCUT2D eigenvalue weighted by atomic mass is 32.1. The summed E-state index contributed by atoms with van der Waals surface area (Å²) in [5.41, 5.74) is 0. The summed E-state index contributed by atoms with van der Waals surface area (Å²) in [5, 5.41) is 0. The van der Waals surface area contributed by atoms with Crippen LogP contribution in [0.1, 0.15) is 52.9 Å². The number of unbranched alkanes of at least 4 members (excludes halogenated alkanes) is 2. The summed E-state index contributed by atoms with van der Waals surface area (Å²) in [6.45, 7) is 7.44. The van der Waals surface area contributed by atoms with Crippen LogP contribution in [-0.4, -0.2) is 34.4 Å². The van der Waals surface area contributed by atoms with Gasteiger partial charge in [-0.25, -0.2) is 0 Å². The summed E-state index contributed by atoms with van der Waals surface area (Å²) >= 11 is 4.56. The maximum atomic E-state index is 11.8. The number of amides is 1. The van der Waals surface area contributed by atoms with Crippen LogP contribution in [0.3, 0.4) is 0 Å². The quantitative estimate of drug-likeness (QED) is 0.571. The molecule has 0 bridgehead atoms. The molecule has 1 saturated heterocycles. The average molecular weight is 271 g/mol. The number of carbonyl (C=O) groups is 2. The number of thiol groups is 1. The Bertz CT molecular complexity index is 309. The third-order valence-corrected chi connectivity index (χ3v) is 4.04. The number of carbonyl (C=O) groups excluding carboxylic acids is 2. The Kier molecular flexibility index (Phi) is 5.70. The number of Topliss-reactive ketones (excluding diaryl/α,β-unsaturated/α-hetero) is 1. The standard InChI is InChI=1S/C14H25NO2S/c1-11(16)7-5-4-6-8-15-10-12(9-13(15)17)14(2,3)18/h12,18H,4-10H2,1-3H3. The van der Waals surface area contributed by atoms with E-state index in [1.165, 1.54) is 0 Å². The van der Waals surface area contributed by atoms with Gasteiger partial charge in [-0.15, -0.1) is 0 Å². The third kappa shape index (κ3) is 5.01. The molecule has 1 unspecified atom stereocenters. The maximum absolute atomic E-state index is 11.8. The van der Waals surface area contributed by atoms with Gasteiger partial charge in [0.1, 0.15) is 5.78 Å². The van der Waals surface area contributed by atoms with Gasteiger partial charge in [0.15, 0.2) is 0 Å². The Morgan fingerprint density at radius 3 is 2.56 bits per heavy atom. The molecule has 0 aromatic rings. The van der Waals surface area contributed by atoms with Crippen LogP contribution in [0.15, 0.2) is 0 Å². The van der Waals surface area contributed by atoms with E-state index < -0.39 is 0 Å². The van der Waals surface area contributed by atoms with Crippen molar-refractivity contribution in [2.45, 2.75) is 57.6 Å². The third-order valence-electron chi connectivity index (χ3n) is 3.67. The van der Waals surface area contributed by atoms with Gasteiger partial charge in [-0.05, 0) is 25.7 Å². The summed E-state index contributed by atoms with van der Waals surface area (Å²) in [6, 6.07) is 0. The van der Waals surface area contributed by atoms with Gasteiger partial charge in [-0.3, -0.25) is 4.79 Å². The molecular formula is C14H25NO2S. The minimum absolute atomic E-state index is 0.0843. The first kappa shape index (κ1) is 15.5. The van der Waals surface area contributed by atoms with E-state index in [-0.39, 0.29) is 16.4 Å². The van der Waals surface area contributed by atoms with Crippen molar-refractivity contribution in [1.29, 1.82) is 0 Å². The van der Waals surface area contributed by atoms with Gasteiger partial charge < -0.3 is 9.69 Å². The van der Waals surface area contributed by atoms with E-state index in [4.69, 9.17) is 0 Å². The fourth-order valence-corrected chi connectivity index (χ4v) is 2.49. The molecule has 0 aromatic carbocycles. The van der Waals surface area contributed by atoms with E-state index in [9.17, 15) is 9.59 Å². The zero-order valence-electron chi connectivity index (χ0n) is 11.7. The molecule has 0 aliphatic carbocycles. The van der Waals surface area contributed by atoms with Gasteiger partial charge in [0, 0.05) is 30.7 Å². The zero-order chi connectivity index (χ0) is 13.8. The van der Waals surface area contributed by atoms with E-state index in [1.54, 1.807) is 6.92 Å². The fraction of sp³-hybridized carbons (Fsp3) is 0.857. The lowest BCUT2D eigenvalue weighted by molar-refractivity contribution is -0.127. The van der Waals surface area contributed by atoms with Crippen LogP contribution in [0, 0.1) is 5.92 Å². The number of hydrogen-bond donors (Lipinski definition) is 1. The molecule has 1 fully saturated rings. The van der Waals surface area contributed by atoms with Crippen LogP contribution < -0.4 is 0 Å². The molecule has 0 saturated carbocycles. The Hall–Kier alpha value is -0.510. The van der Waals surface area contributed by atoms with Gasteiger partial charge >= 0.3 is 0 Å². The molecule has 0 radical (unpaired) electrons. The van der Waals surface area contributed by atoms with Crippen molar-refractivity contribution in [3.05, 3.63) is 0 Å². The van der Waals surface area contributed by atoms with Crippen molar-refractivity contribution >= 4 is 24.3 Å². The van der Waals surface area contributed by atoms with Crippen LogP contribution in [0.2, 0.25) is 0 Å². The minimum Gasteiger partial charge on any atom is -0.342 e. The molecule has 4 heteroatoms. The fourth-order valence-electron chi connectivity index (χ4n) is 2.31. The van der Waals surface area contributed by atoms with E-state index in [0.29, 0.717) is 18.8 Å². The SMILES string of the molecule is CC(=O)CCCCCN1CC(C(C)(C)S)CC1=O. The molecule has 1 atom stereocenters. The minimum atomic E-state index is -0.0843. The van der Waals surface area contributed by atoms with Crippen molar-refractivity contribution in [1.82, 2.24) is 4.90 Å². The Morgan fingerprint density at radius 2 is 2.06 bits per heavy atom. The molecule has 3 nitrogen and oxygen atoms in total. The Morgan fingerprint density at radius 1 is 1.39 bits per heavy atom. The predicted octanol–water partition coefficient (Wildman–Crippen LogP) is 2.69. The topological polar surface area (TPSA) is 37.4 Å². The number of nitrogens with zero attached hydrogens (tertiary/aromatic N) is 1. The maximum Gasteiger partial charge on any atom is 0.222 e. The zero-order valence-corrected chi connectivity index (χ0v) is 12.6. The molecule has 1 heterocycles. The van der Waals surface area contributed by atoms with Crippen LogP contribution >= 0.6 is 12.6 Å². The molecule has 0 aromatic heterocycles. The van der Waals surface area contributed by atoms with E-state index in [0.717, 1.165) is 32.4 Å². The summed E-state index contributed by atoms with van der Waals surface area (Å²) in [4.78, 5) is 24.6. The van der Waals surface area contributed by atoms with E-state index in [1.807, 2.05) is 4.90 Å². The normalized spacial score (nSPS) is 20.6. The van der Waals surface area contributed by atoms with Gasteiger partial charge in [0.2, 0.25) is 5.91 Å². The van der Waals surface area contributed by atoms with Gasteiger partial charge in [-0.2, -0.15) is 12.6 Å². The van der Waals surface area contributed by atoms with Crippen molar-refractivity contribution in [2.24, 2.45) is 5.92 Å². The lowest BCUT2D eigenvalue weighted by Crippen LogP contribution is -2.30. The number of rotatable bonds is 7. The molecule has 1 aliphatic rings. The molecule has 1 amide bonds. The van der Waals surface area contributed by atoms with Crippen LogP contribution in [-0.2, 0) is 9.59 Å². The molecule has 0 N–H and O–H groups in total. The first-order valence-electron chi connectivity index (χ1n) is 6.80. The van der Waals surface area contributed by atoms with Gasteiger partial charge in [0.05, 0.1) is 0 Å².